The Hall–Kier alpha value is -2.61. The summed E-state index contributed by atoms with van der Waals surface area (Å²) in [5.41, 5.74) is -0.288. The molecule has 6 nitrogen and oxygen atoms in total. The second-order valence-electron chi connectivity index (χ2n) is 5.84. The van der Waals surface area contributed by atoms with Crippen LogP contribution in [0.25, 0.3) is 0 Å². The number of benzene rings is 1. The van der Waals surface area contributed by atoms with Gasteiger partial charge >= 0.3 is 0 Å². The molecule has 0 radical (unpaired) electrons. The van der Waals surface area contributed by atoms with Crippen LogP contribution in [-0.4, -0.2) is 35.4 Å². The average molecular weight is 348 g/mol. The molecule has 3 rings (SSSR count). The Bertz CT molecular complexity index is 832. The molecule has 1 aromatic carbocycles. The molecule has 8 heteroatoms. The lowest BCUT2D eigenvalue weighted by molar-refractivity contribution is 0.0904. The monoisotopic (exact) mass is 348 g/mol. The van der Waals surface area contributed by atoms with Gasteiger partial charge in [-0.3, -0.25) is 4.79 Å². The molecular weight excluding hydrogens is 330 g/mol. The third-order valence-electron chi connectivity index (χ3n) is 4.10. The Morgan fingerprint density at radius 3 is 2.84 bits per heavy atom. The number of anilines is 1. The zero-order valence-corrected chi connectivity index (χ0v) is 13.4. The van der Waals surface area contributed by atoms with Crippen molar-refractivity contribution in [1.29, 1.82) is 5.41 Å². The van der Waals surface area contributed by atoms with Crippen LogP contribution in [0.15, 0.2) is 23.0 Å². The first-order valence-corrected chi connectivity index (χ1v) is 7.99. The second-order valence-corrected chi connectivity index (χ2v) is 5.84. The quantitative estimate of drug-likeness (QED) is 0.723. The van der Waals surface area contributed by atoms with E-state index < -0.39 is 17.2 Å². The first kappa shape index (κ1) is 17.2. The van der Waals surface area contributed by atoms with Gasteiger partial charge in [0.25, 0.3) is 5.56 Å². The SMILES string of the molecule is N=Cc1c(NC2CCOCC2)nc(Cc2cccc(F)c2F)[nH]c1=O. The highest BCUT2D eigenvalue weighted by molar-refractivity contribution is 5.83. The van der Waals surface area contributed by atoms with Crippen molar-refractivity contribution in [1.82, 2.24) is 9.97 Å². The summed E-state index contributed by atoms with van der Waals surface area (Å²) < 4.78 is 32.5. The fourth-order valence-corrected chi connectivity index (χ4v) is 2.76. The highest BCUT2D eigenvalue weighted by Crippen LogP contribution is 2.17. The molecule has 0 saturated carbocycles. The molecule has 0 aliphatic carbocycles. The Labute approximate surface area is 142 Å². The number of aromatic amines is 1. The van der Waals surface area contributed by atoms with Crippen LogP contribution < -0.4 is 10.9 Å². The molecule has 1 fully saturated rings. The number of ether oxygens (including phenoxy) is 1. The highest BCUT2D eigenvalue weighted by Gasteiger charge is 2.18. The topological polar surface area (TPSA) is 90.9 Å². The van der Waals surface area contributed by atoms with E-state index in [1.165, 1.54) is 12.1 Å². The predicted molar refractivity (Wildman–Crippen MR) is 89.4 cm³/mol. The summed E-state index contributed by atoms with van der Waals surface area (Å²) >= 11 is 0. The maximum atomic E-state index is 13.8. The molecule has 1 aromatic heterocycles. The number of nitrogens with one attached hydrogen (secondary N) is 3. The summed E-state index contributed by atoms with van der Waals surface area (Å²) in [5.74, 6) is -1.43. The molecule has 0 bridgehead atoms. The van der Waals surface area contributed by atoms with Crippen LogP contribution in [0.4, 0.5) is 14.6 Å². The molecule has 0 atom stereocenters. The smallest absolute Gasteiger partial charge is 0.261 e. The van der Waals surface area contributed by atoms with Gasteiger partial charge in [-0.2, -0.15) is 0 Å². The van der Waals surface area contributed by atoms with Gasteiger partial charge in [0.1, 0.15) is 11.6 Å². The van der Waals surface area contributed by atoms with Gasteiger partial charge in [0.05, 0.1) is 5.56 Å². The van der Waals surface area contributed by atoms with E-state index in [1.54, 1.807) is 0 Å². The minimum atomic E-state index is -0.958. The summed E-state index contributed by atoms with van der Waals surface area (Å²) in [4.78, 5) is 19.0. The van der Waals surface area contributed by atoms with Crippen molar-refractivity contribution in [3.05, 3.63) is 57.1 Å². The van der Waals surface area contributed by atoms with Crippen LogP contribution in [0, 0.1) is 17.0 Å². The van der Waals surface area contributed by atoms with Crippen molar-refractivity contribution in [3.8, 4) is 0 Å². The summed E-state index contributed by atoms with van der Waals surface area (Å²) in [7, 11) is 0. The van der Waals surface area contributed by atoms with E-state index in [0.717, 1.165) is 25.1 Å². The Balaban J connectivity index is 1.91. The number of halogens is 2. The van der Waals surface area contributed by atoms with Crippen molar-refractivity contribution in [2.24, 2.45) is 0 Å². The van der Waals surface area contributed by atoms with Gasteiger partial charge in [-0.05, 0) is 24.5 Å². The summed E-state index contributed by atoms with van der Waals surface area (Å²) in [6.45, 7) is 1.23. The first-order chi connectivity index (χ1) is 12.1. The van der Waals surface area contributed by atoms with Crippen LogP contribution >= 0.6 is 0 Å². The Morgan fingerprint density at radius 1 is 1.36 bits per heavy atom. The molecule has 0 amide bonds. The minimum Gasteiger partial charge on any atom is -0.381 e. The Morgan fingerprint density at radius 2 is 2.12 bits per heavy atom. The summed E-state index contributed by atoms with van der Waals surface area (Å²) in [5, 5.41) is 10.6. The first-order valence-electron chi connectivity index (χ1n) is 7.99. The predicted octanol–water partition coefficient (Wildman–Crippen LogP) is 2.23. The van der Waals surface area contributed by atoms with Gasteiger partial charge in [-0.1, -0.05) is 12.1 Å². The van der Waals surface area contributed by atoms with Crippen LogP contribution in [0.1, 0.15) is 29.8 Å². The van der Waals surface area contributed by atoms with Crippen molar-refractivity contribution in [2.45, 2.75) is 25.3 Å². The second kappa shape index (κ2) is 7.52. The average Bonchev–Trinajstić information content (AvgIpc) is 2.60. The van der Waals surface area contributed by atoms with E-state index in [1.807, 2.05) is 0 Å². The number of hydrogen-bond acceptors (Lipinski definition) is 5. The number of H-pyrrole nitrogens is 1. The van der Waals surface area contributed by atoms with E-state index >= 15 is 0 Å². The van der Waals surface area contributed by atoms with Gasteiger partial charge in [0.2, 0.25) is 0 Å². The molecule has 2 aromatic rings. The maximum absolute atomic E-state index is 13.8. The van der Waals surface area contributed by atoms with Crippen molar-refractivity contribution >= 4 is 12.0 Å². The molecule has 3 N–H and O–H groups in total. The normalized spacial score (nSPS) is 15.1. The molecule has 1 aliphatic heterocycles. The van der Waals surface area contributed by atoms with Crippen molar-refractivity contribution < 1.29 is 13.5 Å². The van der Waals surface area contributed by atoms with Gasteiger partial charge in [-0.15, -0.1) is 0 Å². The van der Waals surface area contributed by atoms with Crippen LogP contribution in [-0.2, 0) is 11.2 Å². The largest absolute Gasteiger partial charge is 0.381 e. The van der Waals surface area contributed by atoms with E-state index in [4.69, 9.17) is 10.1 Å². The standard InChI is InChI=1S/C17H18F2N4O2/c18-13-3-1-2-10(15(13)19)8-14-22-16(12(9-20)17(24)23-14)21-11-4-6-25-7-5-11/h1-3,9,11,20H,4-8H2,(H2,21,22,23,24). The molecule has 0 unspecified atom stereocenters. The zero-order valence-electron chi connectivity index (χ0n) is 13.4. The lowest BCUT2D eigenvalue weighted by Crippen LogP contribution is -2.30. The van der Waals surface area contributed by atoms with Crippen LogP contribution in [0.5, 0.6) is 0 Å². The lowest BCUT2D eigenvalue weighted by atomic mass is 10.1. The molecule has 0 spiro atoms. The number of nitrogens with zero attached hydrogens (tertiary/aromatic N) is 1. The number of aromatic nitrogens is 2. The molecule has 132 valence electrons. The third kappa shape index (κ3) is 3.90. The molecular formula is C17H18F2N4O2. The maximum Gasteiger partial charge on any atom is 0.261 e. The minimum absolute atomic E-state index is 0.0560. The number of rotatable bonds is 5. The third-order valence-corrected chi connectivity index (χ3v) is 4.10. The molecule has 25 heavy (non-hydrogen) atoms. The van der Waals surface area contributed by atoms with E-state index in [-0.39, 0.29) is 35.2 Å². The highest BCUT2D eigenvalue weighted by atomic mass is 19.2. The van der Waals surface area contributed by atoms with Crippen LogP contribution in [0.3, 0.4) is 0 Å². The summed E-state index contributed by atoms with van der Waals surface area (Å²) in [6, 6.07) is 3.96. The molecule has 1 saturated heterocycles. The summed E-state index contributed by atoms with van der Waals surface area (Å²) in [6.07, 6.45) is 2.40. The van der Waals surface area contributed by atoms with Gasteiger partial charge in [0, 0.05) is 31.9 Å². The van der Waals surface area contributed by atoms with Gasteiger partial charge in [-0.25, -0.2) is 13.8 Å². The lowest BCUT2D eigenvalue weighted by Gasteiger charge is -2.24. The fourth-order valence-electron chi connectivity index (χ4n) is 2.76. The molecule has 2 heterocycles. The van der Waals surface area contributed by atoms with Gasteiger partial charge in [0.15, 0.2) is 11.6 Å². The van der Waals surface area contributed by atoms with E-state index in [2.05, 4.69) is 15.3 Å². The fraction of sp³-hybridized carbons (Fsp3) is 0.353. The van der Waals surface area contributed by atoms with Crippen molar-refractivity contribution in [3.63, 3.8) is 0 Å². The van der Waals surface area contributed by atoms with E-state index in [9.17, 15) is 13.6 Å². The molecule has 1 aliphatic rings. The van der Waals surface area contributed by atoms with Crippen molar-refractivity contribution in [2.75, 3.05) is 18.5 Å². The Kier molecular flexibility index (Phi) is 5.18. The van der Waals surface area contributed by atoms with E-state index in [0.29, 0.717) is 13.2 Å². The van der Waals surface area contributed by atoms with Gasteiger partial charge < -0.3 is 20.4 Å². The zero-order chi connectivity index (χ0) is 17.8. The number of hydrogen-bond donors (Lipinski definition) is 3. The van der Waals surface area contributed by atoms with Crippen LogP contribution in [0.2, 0.25) is 0 Å².